The molecule has 0 bridgehead atoms. The Morgan fingerprint density at radius 1 is 1.20 bits per heavy atom. The van der Waals surface area contributed by atoms with Crippen molar-refractivity contribution in [2.75, 3.05) is 19.8 Å². The number of ether oxygens (including phenoxy) is 3. The maximum absolute atomic E-state index is 13.2. The minimum atomic E-state index is -2.13. The molecule has 4 rings (SSSR count). The van der Waals surface area contributed by atoms with Crippen LogP contribution in [0.5, 0.6) is 0 Å². The SMILES string of the molecule is C[C@@H]1OC[C@@H](O[Si](C)(C)C(C)(C)C)[C@H]([C@H]2C[C@@H](C(=O)N3CCOC3=O)ON2Cc2ccccc2)O1. The Morgan fingerprint density at radius 2 is 1.91 bits per heavy atom. The van der Waals surface area contributed by atoms with Crippen molar-refractivity contribution >= 4 is 20.3 Å². The molecule has 1 aromatic carbocycles. The first-order valence-electron chi connectivity index (χ1n) is 12.4. The summed E-state index contributed by atoms with van der Waals surface area (Å²) in [5, 5.41) is 1.84. The lowest BCUT2D eigenvalue weighted by Crippen LogP contribution is -2.57. The Labute approximate surface area is 208 Å². The van der Waals surface area contributed by atoms with Crippen molar-refractivity contribution in [2.24, 2.45) is 0 Å². The van der Waals surface area contributed by atoms with Gasteiger partial charge >= 0.3 is 6.09 Å². The summed E-state index contributed by atoms with van der Waals surface area (Å²) in [5.74, 6) is -0.380. The molecular weight excluding hydrogens is 468 g/mol. The summed E-state index contributed by atoms with van der Waals surface area (Å²) in [6.45, 7) is 14.2. The third kappa shape index (κ3) is 5.78. The molecule has 2 amide bonds. The fourth-order valence-corrected chi connectivity index (χ4v) is 5.73. The van der Waals surface area contributed by atoms with E-state index in [1.54, 1.807) is 0 Å². The van der Waals surface area contributed by atoms with Crippen LogP contribution in [0.1, 0.15) is 39.7 Å². The summed E-state index contributed by atoms with van der Waals surface area (Å²) in [6.07, 6.45) is -2.11. The largest absolute Gasteiger partial charge is 0.447 e. The zero-order chi connectivity index (χ0) is 25.4. The number of nitrogens with zero attached hydrogens (tertiary/aromatic N) is 2. The van der Waals surface area contributed by atoms with Gasteiger partial charge in [0.2, 0.25) is 0 Å². The molecule has 3 fully saturated rings. The first kappa shape index (κ1) is 26.2. The second kappa shape index (κ2) is 10.3. The third-order valence-electron chi connectivity index (χ3n) is 7.41. The van der Waals surface area contributed by atoms with E-state index in [1.165, 1.54) is 0 Å². The molecule has 0 saturated carbocycles. The van der Waals surface area contributed by atoms with Crippen molar-refractivity contribution in [3.63, 3.8) is 0 Å². The number of hydroxylamine groups is 2. The molecule has 0 radical (unpaired) electrons. The van der Waals surface area contributed by atoms with Crippen molar-refractivity contribution in [1.29, 1.82) is 0 Å². The Kier molecular flexibility index (Phi) is 7.70. The molecule has 0 spiro atoms. The van der Waals surface area contributed by atoms with E-state index in [0.717, 1.165) is 10.5 Å². The van der Waals surface area contributed by atoms with Crippen LogP contribution in [-0.2, 0) is 34.8 Å². The quantitative estimate of drug-likeness (QED) is 0.540. The normalized spacial score (nSPS) is 30.5. The Morgan fingerprint density at radius 3 is 2.54 bits per heavy atom. The molecule has 10 heteroatoms. The van der Waals surface area contributed by atoms with Gasteiger partial charge in [-0.05, 0) is 30.6 Å². The zero-order valence-corrected chi connectivity index (χ0v) is 22.6. The highest BCUT2D eigenvalue weighted by molar-refractivity contribution is 6.74. The molecule has 1 aromatic rings. The lowest BCUT2D eigenvalue weighted by atomic mass is 9.98. The molecule has 5 atom stereocenters. The molecule has 9 nitrogen and oxygen atoms in total. The van der Waals surface area contributed by atoms with E-state index in [2.05, 4.69) is 33.9 Å². The number of hydrogen-bond acceptors (Lipinski definition) is 8. The summed E-state index contributed by atoms with van der Waals surface area (Å²) in [7, 11) is -2.13. The van der Waals surface area contributed by atoms with Crippen LogP contribution in [0.4, 0.5) is 4.79 Å². The fraction of sp³-hybridized carbons (Fsp3) is 0.680. The number of cyclic esters (lactones) is 1. The Hall–Kier alpha value is -1.82. The van der Waals surface area contributed by atoms with Crippen LogP contribution in [-0.4, -0.2) is 80.7 Å². The molecule has 0 unspecified atom stereocenters. The highest BCUT2D eigenvalue weighted by Gasteiger charge is 2.51. The number of imide groups is 1. The van der Waals surface area contributed by atoms with Crippen LogP contribution in [0.2, 0.25) is 18.1 Å². The van der Waals surface area contributed by atoms with E-state index in [4.69, 9.17) is 23.5 Å². The van der Waals surface area contributed by atoms with E-state index in [-0.39, 0.29) is 42.3 Å². The van der Waals surface area contributed by atoms with Crippen LogP contribution >= 0.6 is 0 Å². The summed E-state index contributed by atoms with van der Waals surface area (Å²) in [5.41, 5.74) is 1.05. The number of carbonyl (C=O) groups excluding carboxylic acids is 2. The number of rotatable bonds is 6. The zero-order valence-electron chi connectivity index (χ0n) is 21.6. The van der Waals surface area contributed by atoms with Crippen LogP contribution in [0.25, 0.3) is 0 Å². The molecule has 3 aliphatic heterocycles. The Bertz CT molecular complexity index is 907. The highest BCUT2D eigenvalue weighted by Crippen LogP contribution is 2.40. The number of benzene rings is 1. The molecule has 3 heterocycles. The molecule has 3 saturated heterocycles. The van der Waals surface area contributed by atoms with Crippen molar-refractivity contribution in [2.45, 2.75) is 89.4 Å². The fourth-order valence-electron chi connectivity index (χ4n) is 4.42. The van der Waals surface area contributed by atoms with Gasteiger partial charge in [0, 0.05) is 13.0 Å². The van der Waals surface area contributed by atoms with E-state index in [9.17, 15) is 9.59 Å². The molecule has 194 valence electrons. The van der Waals surface area contributed by atoms with Crippen molar-refractivity contribution < 1.29 is 33.1 Å². The smallest absolute Gasteiger partial charge is 0.416 e. The van der Waals surface area contributed by atoms with E-state index in [1.807, 2.05) is 42.3 Å². The molecule has 0 aliphatic carbocycles. The summed E-state index contributed by atoms with van der Waals surface area (Å²) in [6, 6.07) is 9.68. The molecular formula is C25H38N2O7Si. The minimum absolute atomic E-state index is 0.0190. The predicted octanol–water partition coefficient (Wildman–Crippen LogP) is 3.69. The van der Waals surface area contributed by atoms with Gasteiger partial charge in [-0.1, -0.05) is 51.1 Å². The standard InChI is InChI=1S/C25H38N2O7Si/c1-17-31-16-21(34-35(5,6)25(2,3)4)22(32-17)19-14-20(23(28)26-12-13-30-24(26)29)33-27(19)15-18-10-8-7-9-11-18/h7-11,17,19-22H,12-16H2,1-6H3/t17-,19-,20+,21-,22+/m1/s1. The van der Waals surface area contributed by atoms with Crippen LogP contribution in [0, 0.1) is 0 Å². The van der Waals surface area contributed by atoms with Gasteiger partial charge < -0.3 is 18.6 Å². The summed E-state index contributed by atoms with van der Waals surface area (Å²) in [4.78, 5) is 32.5. The monoisotopic (exact) mass is 506 g/mol. The molecule has 3 aliphatic rings. The lowest BCUT2D eigenvalue weighted by molar-refractivity contribution is -0.271. The van der Waals surface area contributed by atoms with Gasteiger partial charge in [0.05, 0.1) is 25.3 Å². The maximum atomic E-state index is 13.2. The second-order valence-corrected chi connectivity index (χ2v) is 15.7. The van der Waals surface area contributed by atoms with Gasteiger partial charge in [0.15, 0.2) is 20.7 Å². The minimum Gasteiger partial charge on any atom is -0.447 e. The number of carbonyl (C=O) groups is 2. The first-order valence-corrected chi connectivity index (χ1v) is 15.3. The number of amides is 2. The molecule has 0 N–H and O–H groups in total. The summed E-state index contributed by atoms with van der Waals surface area (Å²) < 4.78 is 23.9. The van der Waals surface area contributed by atoms with Crippen LogP contribution in [0.3, 0.4) is 0 Å². The van der Waals surface area contributed by atoms with Gasteiger partial charge in [-0.3, -0.25) is 9.63 Å². The van der Waals surface area contributed by atoms with Gasteiger partial charge in [0.25, 0.3) is 5.91 Å². The van der Waals surface area contributed by atoms with Gasteiger partial charge in [-0.2, -0.15) is 5.06 Å². The van der Waals surface area contributed by atoms with Crippen molar-refractivity contribution in [1.82, 2.24) is 9.96 Å². The van der Waals surface area contributed by atoms with E-state index in [0.29, 0.717) is 19.6 Å². The van der Waals surface area contributed by atoms with Crippen LogP contribution < -0.4 is 0 Å². The number of hydrogen-bond donors (Lipinski definition) is 0. The average molecular weight is 507 g/mol. The summed E-state index contributed by atoms with van der Waals surface area (Å²) >= 11 is 0. The van der Waals surface area contributed by atoms with Crippen molar-refractivity contribution in [3.05, 3.63) is 35.9 Å². The Balaban J connectivity index is 1.59. The van der Waals surface area contributed by atoms with Gasteiger partial charge in [-0.15, -0.1) is 0 Å². The lowest BCUT2D eigenvalue weighted by Gasteiger charge is -2.46. The van der Waals surface area contributed by atoms with E-state index < -0.39 is 26.8 Å². The highest BCUT2D eigenvalue weighted by atomic mass is 28.4. The van der Waals surface area contributed by atoms with Crippen molar-refractivity contribution in [3.8, 4) is 0 Å². The second-order valence-electron chi connectivity index (χ2n) is 11.0. The molecule has 35 heavy (non-hydrogen) atoms. The van der Waals surface area contributed by atoms with Gasteiger partial charge in [0.1, 0.15) is 12.7 Å². The van der Waals surface area contributed by atoms with Crippen LogP contribution in [0.15, 0.2) is 30.3 Å². The maximum Gasteiger partial charge on any atom is 0.416 e. The average Bonchev–Trinajstić information content (AvgIpc) is 3.40. The first-order chi connectivity index (χ1) is 16.5. The third-order valence-corrected chi connectivity index (χ3v) is 11.9. The topological polar surface area (TPSA) is 86.8 Å². The predicted molar refractivity (Wildman–Crippen MR) is 131 cm³/mol. The molecule has 0 aromatic heterocycles. The van der Waals surface area contributed by atoms with Gasteiger partial charge in [-0.25, -0.2) is 9.69 Å². The van der Waals surface area contributed by atoms with E-state index >= 15 is 0 Å².